The van der Waals surface area contributed by atoms with Crippen molar-refractivity contribution in [2.45, 2.75) is 151 Å². The number of imide groups is 1. The number of urea groups is 1. The maximum atomic E-state index is 15.3. The molecule has 490 valence electrons. The SMILES string of the molecule is CC[C@H](C)[C@@H]1NC(=O)CNC(=O)[C@@H]2Cc3c([nH]c4c(CSCCCCNC(=O)NCCCCCCN5C(=O)C=CC5=O)c(OC)ccc34)S(=O)C[C@H](NC(=O)CNC1=O)C(=O)N[C@@H](CCC(N)=O)C(=O)N1C[C@H](O)C[C@H]1C(=O)N[C@@H]([C@@H](C)[C@H](O)CO)C(=O)N2. The van der Waals surface area contributed by atoms with Crippen molar-refractivity contribution in [3.63, 3.8) is 0 Å². The van der Waals surface area contributed by atoms with Crippen LogP contribution in [0.4, 0.5) is 4.79 Å². The van der Waals surface area contributed by atoms with Crippen molar-refractivity contribution in [3.8, 4) is 5.75 Å². The zero-order valence-corrected chi connectivity index (χ0v) is 51.9. The third-order valence-corrected chi connectivity index (χ3v) is 18.5. The van der Waals surface area contributed by atoms with Crippen LogP contribution in [0.15, 0.2) is 29.3 Å². The van der Waals surface area contributed by atoms with E-state index in [1.807, 2.05) is 0 Å². The van der Waals surface area contributed by atoms with Gasteiger partial charge in [0, 0.05) is 80.2 Å². The first kappa shape index (κ1) is 70.4. The van der Waals surface area contributed by atoms with Crippen LogP contribution in [0.25, 0.3) is 10.9 Å². The molecule has 32 heteroatoms. The number of benzene rings is 1. The second-order valence-corrected chi connectivity index (χ2v) is 25.0. The summed E-state index contributed by atoms with van der Waals surface area (Å²) in [6.45, 7) is 2.92. The summed E-state index contributed by atoms with van der Waals surface area (Å²) in [4.78, 5) is 168. The van der Waals surface area contributed by atoms with Crippen LogP contribution in [0, 0.1) is 11.8 Å². The first-order valence-electron chi connectivity index (χ1n) is 29.8. The molecule has 30 nitrogen and oxygen atoms in total. The lowest BCUT2D eigenvalue weighted by molar-refractivity contribution is -0.143. The molecule has 2 bridgehead atoms. The number of nitrogens with zero attached hydrogens (tertiary/aromatic N) is 2. The van der Waals surface area contributed by atoms with Crippen LogP contribution in [-0.4, -0.2) is 218 Å². The van der Waals surface area contributed by atoms with Crippen molar-refractivity contribution in [2.75, 3.05) is 64.5 Å². The van der Waals surface area contributed by atoms with E-state index in [-0.39, 0.29) is 34.2 Å². The number of ether oxygens (including phenoxy) is 1. The molecule has 1 aromatic carbocycles. The first-order valence-corrected chi connectivity index (χ1v) is 32.3. The lowest BCUT2D eigenvalue weighted by atomic mass is 9.93. The molecule has 15 N–H and O–H groups in total. The molecule has 89 heavy (non-hydrogen) atoms. The van der Waals surface area contributed by atoms with Gasteiger partial charge < -0.3 is 83.5 Å². The summed E-state index contributed by atoms with van der Waals surface area (Å²) in [6.07, 6.45) is 2.13. The molecule has 6 rings (SSSR count). The van der Waals surface area contributed by atoms with E-state index in [9.17, 15) is 72.9 Å². The Morgan fingerprint density at radius 3 is 2.13 bits per heavy atom. The molecule has 5 heterocycles. The molecule has 0 spiro atoms. The number of methoxy groups -OCH3 is 1. The summed E-state index contributed by atoms with van der Waals surface area (Å²) >= 11 is 1.49. The van der Waals surface area contributed by atoms with Gasteiger partial charge >= 0.3 is 6.03 Å². The number of nitrogens with one attached hydrogen (secondary N) is 10. The first-order chi connectivity index (χ1) is 42.5. The third-order valence-electron chi connectivity index (χ3n) is 16.0. The molecule has 4 aliphatic heterocycles. The van der Waals surface area contributed by atoms with Gasteiger partial charge in [-0.2, -0.15) is 11.8 Å². The van der Waals surface area contributed by atoms with Crippen molar-refractivity contribution in [1.82, 2.24) is 62.6 Å². The number of rotatable bonds is 23. The van der Waals surface area contributed by atoms with Gasteiger partial charge in [-0.15, -0.1) is 0 Å². The highest BCUT2D eigenvalue weighted by atomic mass is 32.2. The second kappa shape index (κ2) is 33.8. The number of unbranched alkanes of at least 4 members (excludes halogenated alkanes) is 4. The number of aliphatic hydroxyl groups excluding tert-OH is 3. The summed E-state index contributed by atoms with van der Waals surface area (Å²) in [6, 6.07) is -6.97. The van der Waals surface area contributed by atoms with E-state index in [1.165, 1.54) is 42.8 Å². The fourth-order valence-corrected chi connectivity index (χ4v) is 13.1. The molecule has 1 saturated heterocycles. The number of amides is 13. The van der Waals surface area contributed by atoms with Crippen molar-refractivity contribution in [3.05, 3.63) is 35.4 Å². The van der Waals surface area contributed by atoms with E-state index in [4.69, 9.17) is 10.5 Å². The van der Waals surface area contributed by atoms with Crippen LogP contribution in [0.2, 0.25) is 0 Å². The smallest absolute Gasteiger partial charge is 0.314 e. The van der Waals surface area contributed by atoms with E-state index >= 15 is 4.21 Å². The van der Waals surface area contributed by atoms with E-state index in [1.54, 1.807) is 26.0 Å². The Balaban J connectivity index is 1.35. The average Bonchev–Trinajstić information content (AvgIpc) is 2.91. The monoisotopic (exact) mass is 1290 g/mol. The molecule has 11 atom stereocenters. The number of thioether (sulfide) groups is 1. The lowest BCUT2D eigenvalue weighted by Crippen LogP contribution is -2.62. The highest BCUT2D eigenvalue weighted by molar-refractivity contribution is 7.98. The zero-order chi connectivity index (χ0) is 65.1. The molecule has 0 aliphatic carbocycles. The fraction of sp³-hybridized carbons (Fsp3) is 0.614. The third kappa shape index (κ3) is 19.4. The highest BCUT2D eigenvalue weighted by Crippen LogP contribution is 2.36. The minimum absolute atomic E-state index is 0.123. The van der Waals surface area contributed by atoms with Crippen LogP contribution >= 0.6 is 11.8 Å². The Morgan fingerprint density at radius 2 is 1.47 bits per heavy atom. The predicted molar refractivity (Wildman–Crippen MR) is 323 cm³/mol. The Labute approximate surface area is 520 Å². The number of primary amides is 1. The van der Waals surface area contributed by atoms with E-state index < -0.39 is 182 Å². The summed E-state index contributed by atoms with van der Waals surface area (Å²) in [5, 5.41) is 55.6. The van der Waals surface area contributed by atoms with Gasteiger partial charge in [0.25, 0.3) is 11.8 Å². The summed E-state index contributed by atoms with van der Waals surface area (Å²) < 4.78 is 21.2. The van der Waals surface area contributed by atoms with Crippen LogP contribution in [0.1, 0.15) is 96.1 Å². The van der Waals surface area contributed by atoms with Gasteiger partial charge in [0.2, 0.25) is 53.2 Å². The molecule has 0 saturated carbocycles. The highest BCUT2D eigenvalue weighted by Gasteiger charge is 2.45. The Morgan fingerprint density at radius 1 is 0.809 bits per heavy atom. The number of hydrogen-bond donors (Lipinski definition) is 14. The van der Waals surface area contributed by atoms with Gasteiger partial charge in [-0.1, -0.05) is 40.0 Å². The number of aromatic amines is 1. The Bertz CT molecular complexity index is 3000. The van der Waals surface area contributed by atoms with Crippen LogP contribution in [0.3, 0.4) is 0 Å². The van der Waals surface area contributed by atoms with E-state index in [0.717, 1.165) is 17.7 Å². The number of aromatic nitrogens is 1. The van der Waals surface area contributed by atoms with Crippen molar-refractivity contribution in [1.29, 1.82) is 0 Å². The number of carbonyl (C=O) groups is 12. The second-order valence-electron chi connectivity index (χ2n) is 22.4. The molecule has 1 unspecified atom stereocenters. The average molecular weight is 1290 g/mol. The molecule has 2 aromatic rings. The van der Waals surface area contributed by atoms with Gasteiger partial charge in [-0.3, -0.25) is 61.8 Å². The Kier molecular flexibility index (Phi) is 26.7. The van der Waals surface area contributed by atoms with E-state index in [2.05, 4.69) is 52.8 Å². The predicted octanol–water partition coefficient (Wildman–Crippen LogP) is -3.43. The Hall–Kier alpha value is -7.68. The van der Waals surface area contributed by atoms with Crippen LogP contribution in [-0.2, 0) is 75.7 Å². The van der Waals surface area contributed by atoms with Gasteiger partial charge in [-0.05, 0) is 61.5 Å². The number of fused-ring (bicyclic) bond motifs is 5. The molecular weight excluding hydrogens is 1200 g/mol. The summed E-state index contributed by atoms with van der Waals surface area (Å²) in [5.41, 5.74) is 6.53. The maximum Gasteiger partial charge on any atom is 0.314 e. The quantitative estimate of drug-likeness (QED) is 0.0380. The van der Waals surface area contributed by atoms with Gasteiger partial charge in [0.15, 0.2) is 0 Å². The number of H-pyrrole nitrogens is 1. The minimum Gasteiger partial charge on any atom is -0.496 e. The maximum absolute atomic E-state index is 15.3. The molecule has 1 fully saturated rings. The lowest BCUT2D eigenvalue weighted by Gasteiger charge is -2.33. The van der Waals surface area contributed by atoms with Crippen molar-refractivity contribution < 1.29 is 81.8 Å². The van der Waals surface area contributed by atoms with E-state index in [0.29, 0.717) is 79.7 Å². The van der Waals surface area contributed by atoms with Crippen molar-refractivity contribution >= 4 is 104 Å². The largest absolute Gasteiger partial charge is 0.496 e. The van der Waals surface area contributed by atoms with Gasteiger partial charge in [-0.25, -0.2) is 4.79 Å². The van der Waals surface area contributed by atoms with Crippen LogP contribution in [0.5, 0.6) is 5.75 Å². The fourth-order valence-electron chi connectivity index (χ4n) is 10.7. The summed E-state index contributed by atoms with van der Waals surface area (Å²) in [7, 11) is -0.990. The molecule has 1 aromatic heterocycles. The topological polar surface area (TPSA) is 448 Å². The van der Waals surface area contributed by atoms with Gasteiger partial charge in [0.1, 0.15) is 47.0 Å². The molecule has 4 aliphatic rings. The number of hydrogen-bond acceptors (Lipinski definition) is 18. The summed E-state index contributed by atoms with van der Waals surface area (Å²) in [5.74, 6) is -10.9. The number of nitrogens with two attached hydrogens (primary N) is 1. The van der Waals surface area contributed by atoms with Gasteiger partial charge in [0.05, 0.1) is 61.1 Å². The number of aliphatic hydroxyl groups is 3. The normalized spacial score (nSPS) is 24.5. The molecular formula is C57H83N13O17S2. The van der Waals surface area contributed by atoms with Crippen molar-refractivity contribution in [2.24, 2.45) is 17.6 Å². The standard InChI is InChI=1S/C57H83N13O17S2/c1-5-30(2)47-53(82)62-24-43(75)63-38-29-89(86)55-34(33-12-14-41(87-4)35(49(33)68-55)28-88-21-11-9-19-60-57(85)59-18-8-6-7-10-20-69-45(77)16-17-46(69)78)23-37(50(79)61-25-44(76)66-47)65-54(83)48(31(3)40(73)27-71)67-52(81)39-22-32(72)26-70(39)56(84)36(64-51(38)80)13-15-42(58)74/h12,14,16-17,30-32,36-40,47-48,68,71-73H,5-11,13,15,18-29H2,1-4H3,(H2,58,74)(H,61,79)(H,62,82)(H,63,75)(H,64,80)(H,65,83)(H,66,76)(H,67,81)(H2,59,60,85)/t30-,31-,32+,36-,37-,38-,39-,40+,47-,48-,89?/m0/s1. The molecule has 0 radical (unpaired) electrons. The minimum atomic E-state index is -2.43. The molecule has 13 amide bonds. The number of carbonyl (C=O) groups excluding carboxylic acids is 12. The van der Waals surface area contributed by atoms with Crippen LogP contribution < -0.4 is 58.3 Å². The zero-order valence-electron chi connectivity index (χ0n) is 50.3.